The molecule has 2 unspecified atom stereocenters. The van der Waals surface area contributed by atoms with Gasteiger partial charge in [0, 0.05) is 5.92 Å². The molecule has 1 rings (SSSR count). The Hall–Kier alpha value is -1.59. The number of hydrogen-bond donors (Lipinski definition) is 0. The van der Waals surface area contributed by atoms with Crippen LogP contribution < -0.4 is 0 Å². The quantitative estimate of drug-likeness (QED) is 0.626. The average Bonchev–Trinajstić information content (AvgIpc) is 3.04. The van der Waals surface area contributed by atoms with Gasteiger partial charge >= 0.3 is 11.9 Å². The van der Waals surface area contributed by atoms with Crippen LogP contribution in [0.1, 0.15) is 13.3 Å². The van der Waals surface area contributed by atoms with Crippen molar-refractivity contribution in [1.29, 1.82) is 0 Å². The van der Waals surface area contributed by atoms with Crippen molar-refractivity contribution in [3.8, 4) is 0 Å². The lowest BCUT2D eigenvalue weighted by Gasteiger charge is -2.20. The maximum Gasteiger partial charge on any atom is 0.325 e. The molecule has 6 heteroatoms. The van der Waals surface area contributed by atoms with Gasteiger partial charge in [-0.3, -0.25) is 14.4 Å². The zero-order chi connectivity index (χ0) is 13.0. The summed E-state index contributed by atoms with van der Waals surface area (Å²) in [5.41, 5.74) is 0. The Morgan fingerprint density at radius 2 is 1.53 bits per heavy atom. The fraction of sp³-hybridized carbons (Fsp3) is 0.727. The lowest BCUT2D eigenvalue weighted by Crippen LogP contribution is -2.41. The predicted molar refractivity (Wildman–Crippen MR) is 57.9 cm³/mol. The minimum Gasteiger partial charge on any atom is -0.468 e. The molecule has 6 nitrogen and oxygen atoms in total. The van der Waals surface area contributed by atoms with E-state index in [1.807, 2.05) is 6.92 Å². The minimum absolute atomic E-state index is 0.0793. The first kappa shape index (κ1) is 13.5. The van der Waals surface area contributed by atoms with E-state index < -0.39 is 11.9 Å². The van der Waals surface area contributed by atoms with Crippen molar-refractivity contribution in [3.63, 3.8) is 0 Å². The fourth-order valence-corrected chi connectivity index (χ4v) is 1.55. The third-order valence-corrected chi connectivity index (χ3v) is 2.83. The first-order chi connectivity index (χ1) is 7.99. The lowest BCUT2D eigenvalue weighted by atomic mass is 10.3. The van der Waals surface area contributed by atoms with Crippen molar-refractivity contribution in [2.75, 3.05) is 27.3 Å². The zero-order valence-electron chi connectivity index (χ0n) is 10.3. The Labute approximate surface area is 99.9 Å². The van der Waals surface area contributed by atoms with Crippen molar-refractivity contribution in [2.45, 2.75) is 13.3 Å². The molecule has 1 aliphatic rings. The molecule has 1 saturated carbocycles. The van der Waals surface area contributed by atoms with Crippen LogP contribution in [0.15, 0.2) is 0 Å². The normalized spacial score (nSPS) is 21.6. The van der Waals surface area contributed by atoms with Crippen molar-refractivity contribution in [2.24, 2.45) is 11.8 Å². The number of carbonyl (C=O) groups is 3. The van der Waals surface area contributed by atoms with E-state index in [-0.39, 0.29) is 24.9 Å². The van der Waals surface area contributed by atoms with Crippen LogP contribution in [-0.2, 0) is 23.9 Å². The first-order valence-electron chi connectivity index (χ1n) is 5.42. The summed E-state index contributed by atoms with van der Waals surface area (Å²) in [6, 6.07) is 0. The number of methoxy groups -OCH3 is 2. The van der Waals surface area contributed by atoms with Gasteiger partial charge in [0.05, 0.1) is 14.2 Å². The van der Waals surface area contributed by atoms with E-state index in [0.717, 1.165) is 6.42 Å². The van der Waals surface area contributed by atoms with Gasteiger partial charge in [0.1, 0.15) is 13.1 Å². The summed E-state index contributed by atoms with van der Waals surface area (Å²) in [7, 11) is 2.48. The molecule has 0 heterocycles. The molecule has 0 aromatic heterocycles. The molecule has 0 saturated heterocycles. The summed E-state index contributed by atoms with van der Waals surface area (Å²) >= 11 is 0. The first-order valence-corrected chi connectivity index (χ1v) is 5.42. The topological polar surface area (TPSA) is 72.9 Å². The van der Waals surface area contributed by atoms with Gasteiger partial charge in [0.25, 0.3) is 0 Å². The highest BCUT2D eigenvalue weighted by Crippen LogP contribution is 2.39. The molecule has 0 aliphatic heterocycles. The van der Waals surface area contributed by atoms with Crippen LogP contribution in [0.25, 0.3) is 0 Å². The highest BCUT2D eigenvalue weighted by molar-refractivity contribution is 5.88. The van der Waals surface area contributed by atoms with Gasteiger partial charge in [-0.1, -0.05) is 6.92 Å². The SMILES string of the molecule is COC(=O)CN(CC(=O)OC)C(=O)C1CC1C. The van der Waals surface area contributed by atoms with Crippen molar-refractivity contribution in [1.82, 2.24) is 4.90 Å². The van der Waals surface area contributed by atoms with Gasteiger partial charge in [0.15, 0.2) is 0 Å². The van der Waals surface area contributed by atoms with Crippen LogP contribution in [-0.4, -0.2) is 50.1 Å². The largest absolute Gasteiger partial charge is 0.468 e. The molecule has 0 bridgehead atoms. The predicted octanol–water partition coefficient (Wildman–Crippen LogP) is -0.183. The number of ether oxygens (including phenoxy) is 2. The van der Waals surface area contributed by atoms with Gasteiger partial charge in [0.2, 0.25) is 5.91 Å². The smallest absolute Gasteiger partial charge is 0.325 e. The summed E-state index contributed by atoms with van der Waals surface area (Å²) in [4.78, 5) is 35.4. The molecular weight excluding hydrogens is 226 g/mol. The molecule has 0 aromatic rings. The van der Waals surface area contributed by atoms with Crippen LogP contribution in [0.3, 0.4) is 0 Å². The molecule has 2 atom stereocenters. The number of nitrogens with zero attached hydrogens (tertiary/aromatic N) is 1. The number of carbonyl (C=O) groups excluding carboxylic acids is 3. The van der Waals surface area contributed by atoms with Crippen LogP contribution in [0.4, 0.5) is 0 Å². The molecule has 0 radical (unpaired) electrons. The second-order valence-corrected chi connectivity index (χ2v) is 4.17. The number of rotatable bonds is 5. The van der Waals surface area contributed by atoms with E-state index in [9.17, 15) is 14.4 Å². The van der Waals surface area contributed by atoms with Crippen LogP contribution in [0.5, 0.6) is 0 Å². The lowest BCUT2D eigenvalue weighted by molar-refractivity contribution is -0.152. The Bertz CT molecular complexity index is 310. The fourth-order valence-electron chi connectivity index (χ4n) is 1.55. The summed E-state index contributed by atoms with van der Waals surface area (Å²) in [5.74, 6) is -1.04. The van der Waals surface area contributed by atoms with E-state index in [1.54, 1.807) is 0 Å². The number of hydrogen-bond acceptors (Lipinski definition) is 5. The van der Waals surface area contributed by atoms with E-state index >= 15 is 0 Å². The minimum atomic E-state index is -0.546. The molecular formula is C11H17NO5. The van der Waals surface area contributed by atoms with Crippen LogP contribution in [0, 0.1) is 11.8 Å². The maximum absolute atomic E-state index is 11.9. The number of esters is 2. The second kappa shape index (κ2) is 5.65. The van der Waals surface area contributed by atoms with Crippen molar-refractivity contribution in [3.05, 3.63) is 0 Å². The van der Waals surface area contributed by atoms with Crippen LogP contribution >= 0.6 is 0 Å². The van der Waals surface area contributed by atoms with Gasteiger partial charge in [-0.2, -0.15) is 0 Å². The molecule has 1 fully saturated rings. The standard InChI is InChI=1S/C11H17NO5/c1-7-4-8(7)11(15)12(5-9(13)16-2)6-10(14)17-3/h7-8H,4-6H2,1-3H3. The molecule has 0 N–H and O–H groups in total. The Morgan fingerprint density at radius 1 is 1.12 bits per heavy atom. The van der Waals surface area contributed by atoms with E-state index in [4.69, 9.17) is 0 Å². The zero-order valence-corrected chi connectivity index (χ0v) is 10.3. The van der Waals surface area contributed by atoms with Gasteiger partial charge in [-0.05, 0) is 12.3 Å². The Balaban J connectivity index is 2.60. The Kier molecular flexibility index (Phi) is 4.48. The third kappa shape index (κ3) is 3.72. The molecule has 96 valence electrons. The number of amides is 1. The highest BCUT2D eigenvalue weighted by Gasteiger charge is 2.42. The van der Waals surface area contributed by atoms with Gasteiger partial charge < -0.3 is 14.4 Å². The monoisotopic (exact) mass is 243 g/mol. The second-order valence-electron chi connectivity index (χ2n) is 4.17. The summed E-state index contributed by atoms with van der Waals surface area (Å²) in [5, 5.41) is 0. The van der Waals surface area contributed by atoms with E-state index in [0.29, 0.717) is 5.92 Å². The van der Waals surface area contributed by atoms with Crippen molar-refractivity contribution < 1.29 is 23.9 Å². The van der Waals surface area contributed by atoms with Crippen molar-refractivity contribution >= 4 is 17.8 Å². The molecule has 0 spiro atoms. The molecule has 0 aromatic carbocycles. The van der Waals surface area contributed by atoms with E-state index in [1.165, 1.54) is 19.1 Å². The highest BCUT2D eigenvalue weighted by atomic mass is 16.5. The molecule has 1 aliphatic carbocycles. The van der Waals surface area contributed by atoms with Gasteiger partial charge in [-0.25, -0.2) is 0 Å². The van der Waals surface area contributed by atoms with Crippen LogP contribution in [0.2, 0.25) is 0 Å². The van der Waals surface area contributed by atoms with Gasteiger partial charge in [-0.15, -0.1) is 0 Å². The molecule has 17 heavy (non-hydrogen) atoms. The molecule has 1 amide bonds. The maximum atomic E-state index is 11.9. The average molecular weight is 243 g/mol. The summed E-state index contributed by atoms with van der Waals surface area (Å²) in [6.07, 6.45) is 0.803. The third-order valence-electron chi connectivity index (χ3n) is 2.83. The summed E-state index contributed by atoms with van der Waals surface area (Å²) in [6.45, 7) is 1.53. The Morgan fingerprint density at radius 3 is 1.82 bits per heavy atom. The van der Waals surface area contributed by atoms with E-state index in [2.05, 4.69) is 9.47 Å². The summed E-state index contributed by atoms with van der Waals surface area (Å²) < 4.78 is 8.98.